The van der Waals surface area contributed by atoms with E-state index in [0.717, 1.165) is 43.3 Å². The molecule has 1 heterocycles. The molecule has 0 radical (unpaired) electrons. The van der Waals surface area contributed by atoms with Gasteiger partial charge in [-0.1, -0.05) is 53.1 Å². The number of hydrogen-bond acceptors (Lipinski definition) is 2. The Morgan fingerprint density at radius 1 is 0.935 bits per heavy atom. The van der Waals surface area contributed by atoms with Gasteiger partial charge in [0.1, 0.15) is 0 Å². The van der Waals surface area contributed by atoms with Gasteiger partial charge in [-0.05, 0) is 79.0 Å². The molecule has 5 heteroatoms. The third-order valence-corrected chi connectivity index (χ3v) is 6.80. The van der Waals surface area contributed by atoms with E-state index in [9.17, 15) is 4.79 Å². The van der Waals surface area contributed by atoms with Crippen molar-refractivity contribution >= 4 is 50.0 Å². The maximum atomic E-state index is 13.4. The topological polar surface area (TPSA) is 42.0 Å². The first kappa shape index (κ1) is 21.5. The number of nitrogens with one attached hydrogen (secondary N) is 1. The molecule has 0 atom stereocenters. The molecule has 3 nitrogen and oxygen atoms in total. The van der Waals surface area contributed by atoms with E-state index in [2.05, 4.69) is 46.4 Å². The van der Waals surface area contributed by atoms with Gasteiger partial charge in [-0.15, -0.1) is 0 Å². The van der Waals surface area contributed by atoms with E-state index in [1.165, 1.54) is 5.56 Å². The van der Waals surface area contributed by atoms with Crippen molar-refractivity contribution in [3.8, 4) is 11.3 Å². The predicted molar refractivity (Wildman–Crippen MR) is 133 cm³/mol. The highest BCUT2D eigenvalue weighted by atomic mass is 79.9. The molecule has 0 aliphatic rings. The summed E-state index contributed by atoms with van der Waals surface area (Å²) in [7, 11) is 0. The minimum atomic E-state index is -0.188. The van der Waals surface area contributed by atoms with E-state index >= 15 is 0 Å². The molecule has 0 unspecified atom stereocenters. The SMILES string of the molecule is Cc1ccc(-c2cc(C(=O)Nc3ccc(Br)c(Cl)c3C)c3cc(C)cc(C)c3n2)cc1. The van der Waals surface area contributed by atoms with Crippen LogP contribution in [0.1, 0.15) is 32.6 Å². The van der Waals surface area contributed by atoms with Crippen molar-refractivity contribution in [1.29, 1.82) is 0 Å². The van der Waals surface area contributed by atoms with Crippen LogP contribution in [0.4, 0.5) is 5.69 Å². The van der Waals surface area contributed by atoms with E-state index in [4.69, 9.17) is 16.6 Å². The number of rotatable bonds is 3. The van der Waals surface area contributed by atoms with Crippen molar-refractivity contribution in [3.63, 3.8) is 0 Å². The van der Waals surface area contributed by atoms with Crippen molar-refractivity contribution in [2.75, 3.05) is 5.32 Å². The number of carbonyl (C=O) groups excluding carboxylic acids is 1. The second kappa shape index (κ2) is 8.45. The van der Waals surface area contributed by atoms with Crippen LogP contribution in [-0.2, 0) is 0 Å². The summed E-state index contributed by atoms with van der Waals surface area (Å²) in [6.45, 7) is 8.00. The highest BCUT2D eigenvalue weighted by Crippen LogP contribution is 2.33. The Kier molecular flexibility index (Phi) is 5.87. The molecule has 0 spiro atoms. The summed E-state index contributed by atoms with van der Waals surface area (Å²) >= 11 is 9.79. The molecule has 1 amide bonds. The van der Waals surface area contributed by atoms with E-state index in [-0.39, 0.29) is 5.91 Å². The Morgan fingerprint density at radius 3 is 2.35 bits per heavy atom. The van der Waals surface area contributed by atoms with Crippen LogP contribution in [-0.4, -0.2) is 10.9 Å². The molecular weight excluding hydrogens is 472 g/mol. The molecule has 1 aromatic heterocycles. The predicted octanol–water partition coefficient (Wildman–Crippen LogP) is 7.80. The van der Waals surface area contributed by atoms with Crippen LogP contribution < -0.4 is 5.32 Å². The Hall–Kier alpha value is -2.69. The summed E-state index contributed by atoms with van der Waals surface area (Å²) in [5, 5.41) is 4.47. The van der Waals surface area contributed by atoms with E-state index in [0.29, 0.717) is 16.3 Å². The van der Waals surface area contributed by atoms with Crippen molar-refractivity contribution in [2.45, 2.75) is 27.7 Å². The van der Waals surface area contributed by atoms with Crippen molar-refractivity contribution in [1.82, 2.24) is 4.98 Å². The fourth-order valence-corrected chi connectivity index (χ4v) is 4.31. The van der Waals surface area contributed by atoms with Crippen molar-refractivity contribution in [3.05, 3.63) is 91.9 Å². The first-order valence-corrected chi connectivity index (χ1v) is 11.2. The first-order chi connectivity index (χ1) is 14.7. The molecule has 1 N–H and O–H groups in total. The Morgan fingerprint density at radius 2 is 1.65 bits per heavy atom. The number of aryl methyl sites for hydroxylation is 3. The molecule has 0 bridgehead atoms. The number of carbonyl (C=O) groups is 1. The van der Waals surface area contributed by atoms with Gasteiger partial charge in [0.2, 0.25) is 0 Å². The molecule has 0 saturated carbocycles. The molecule has 4 rings (SSSR count). The van der Waals surface area contributed by atoms with Gasteiger partial charge in [-0.25, -0.2) is 4.98 Å². The van der Waals surface area contributed by atoms with Crippen molar-refractivity contribution < 1.29 is 4.79 Å². The van der Waals surface area contributed by atoms with Gasteiger partial charge in [-0.3, -0.25) is 4.79 Å². The number of pyridine rings is 1. The molecule has 0 aliphatic carbocycles. The van der Waals surface area contributed by atoms with Gasteiger partial charge in [-0.2, -0.15) is 0 Å². The van der Waals surface area contributed by atoms with Gasteiger partial charge in [0, 0.05) is 21.1 Å². The fraction of sp³-hybridized carbons (Fsp3) is 0.154. The third kappa shape index (κ3) is 4.23. The highest BCUT2D eigenvalue weighted by molar-refractivity contribution is 9.10. The molecule has 0 saturated heterocycles. The van der Waals surface area contributed by atoms with Gasteiger partial charge in [0.05, 0.1) is 21.8 Å². The quantitative estimate of drug-likeness (QED) is 0.316. The minimum Gasteiger partial charge on any atom is -0.322 e. The number of nitrogens with zero attached hydrogens (tertiary/aromatic N) is 1. The summed E-state index contributed by atoms with van der Waals surface area (Å²) in [5.41, 5.74) is 7.98. The number of amides is 1. The Bertz CT molecular complexity index is 1330. The van der Waals surface area contributed by atoms with E-state index in [1.807, 2.05) is 57.2 Å². The van der Waals surface area contributed by atoms with Crippen molar-refractivity contribution in [2.24, 2.45) is 0 Å². The number of fused-ring (bicyclic) bond motifs is 1. The number of aromatic nitrogens is 1. The second-order valence-electron chi connectivity index (χ2n) is 7.89. The van der Waals surface area contributed by atoms with Gasteiger partial charge in [0.15, 0.2) is 0 Å². The van der Waals surface area contributed by atoms with Crippen LogP contribution in [0.3, 0.4) is 0 Å². The zero-order valence-corrected chi connectivity index (χ0v) is 20.1. The average molecular weight is 494 g/mol. The lowest BCUT2D eigenvalue weighted by Crippen LogP contribution is -2.14. The van der Waals surface area contributed by atoms with E-state index < -0.39 is 0 Å². The minimum absolute atomic E-state index is 0.188. The Labute approximate surface area is 195 Å². The van der Waals surface area contributed by atoms with Crippen LogP contribution >= 0.6 is 27.5 Å². The lowest BCUT2D eigenvalue weighted by Gasteiger charge is -2.15. The largest absolute Gasteiger partial charge is 0.322 e. The molecule has 0 aliphatic heterocycles. The lowest BCUT2D eigenvalue weighted by molar-refractivity contribution is 0.102. The molecular formula is C26H22BrClN2O. The summed E-state index contributed by atoms with van der Waals surface area (Å²) < 4.78 is 0.798. The van der Waals surface area contributed by atoms with Crippen LogP contribution in [0, 0.1) is 27.7 Å². The number of hydrogen-bond donors (Lipinski definition) is 1. The van der Waals surface area contributed by atoms with Crippen LogP contribution in [0.5, 0.6) is 0 Å². The summed E-state index contributed by atoms with van der Waals surface area (Å²) in [5.74, 6) is -0.188. The first-order valence-electron chi connectivity index (χ1n) is 9.99. The van der Waals surface area contributed by atoms with Crippen LogP contribution in [0.25, 0.3) is 22.2 Å². The molecule has 156 valence electrons. The zero-order valence-electron chi connectivity index (χ0n) is 17.8. The highest BCUT2D eigenvalue weighted by Gasteiger charge is 2.17. The summed E-state index contributed by atoms with van der Waals surface area (Å²) in [4.78, 5) is 18.3. The third-order valence-electron chi connectivity index (χ3n) is 5.43. The standard InChI is InChI=1S/C26H22BrClN2O/c1-14-5-7-18(8-6-14)23-13-20(19-12-15(2)11-16(3)25(19)29-23)26(31)30-22-10-9-21(27)24(28)17(22)4/h5-13H,1-4H3,(H,30,31). The average Bonchev–Trinajstić information content (AvgIpc) is 2.74. The van der Waals surface area contributed by atoms with Crippen LogP contribution in [0.2, 0.25) is 5.02 Å². The smallest absolute Gasteiger partial charge is 0.256 e. The van der Waals surface area contributed by atoms with Gasteiger partial charge in [0.25, 0.3) is 5.91 Å². The summed E-state index contributed by atoms with van der Waals surface area (Å²) in [6.07, 6.45) is 0. The maximum absolute atomic E-state index is 13.4. The number of anilines is 1. The molecule has 0 fully saturated rings. The monoisotopic (exact) mass is 492 g/mol. The maximum Gasteiger partial charge on any atom is 0.256 e. The number of benzene rings is 3. The zero-order chi connectivity index (χ0) is 22.3. The molecule has 31 heavy (non-hydrogen) atoms. The van der Waals surface area contributed by atoms with Gasteiger partial charge >= 0.3 is 0 Å². The molecule has 4 aromatic rings. The Balaban J connectivity index is 1.88. The van der Waals surface area contributed by atoms with Crippen LogP contribution in [0.15, 0.2) is 59.1 Å². The van der Waals surface area contributed by atoms with E-state index in [1.54, 1.807) is 0 Å². The fourth-order valence-electron chi connectivity index (χ4n) is 3.72. The lowest BCUT2D eigenvalue weighted by atomic mass is 9.99. The normalized spacial score (nSPS) is 11.0. The number of halogens is 2. The molecule has 3 aromatic carbocycles. The second-order valence-corrected chi connectivity index (χ2v) is 9.12. The van der Waals surface area contributed by atoms with Gasteiger partial charge < -0.3 is 5.32 Å². The summed E-state index contributed by atoms with van der Waals surface area (Å²) in [6, 6.07) is 17.8.